The van der Waals surface area contributed by atoms with Gasteiger partial charge in [-0.3, -0.25) is 10.1 Å². The number of fused-ring (bicyclic) bond motifs is 1. The smallest absolute Gasteiger partial charge is 0.251 e. The van der Waals surface area contributed by atoms with Crippen LogP contribution >= 0.6 is 0 Å². The Balaban J connectivity index is 1.68. The van der Waals surface area contributed by atoms with Gasteiger partial charge in [0.15, 0.2) is 0 Å². The molecule has 7 heteroatoms. The van der Waals surface area contributed by atoms with Crippen LogP contribution in [0.4, 0.5) is 19.1 Å². The molecule has 0 spiro atoms. The number of imidazole rings is 1. The lowest BCUT2D eigenvalue weighted by Gasteiger charge is -2.17. The number of aromatic amines is 1. The molecule has 1 aliphatic carbocycles. The Labute approximate surface area is 118 Å². The van der Waals surface area contributed by atoms with E-state index in [1.165, 1.54) is 18.2 Å². The number of alkyl halides is 2. The second-order valence-corrected chi connectivity index (χ2v) is 5.35. The average Bonchev–Trinajstić information content (AvgIpc) is 2.92. The number of rotatable bonds is 3. The van der Waals surface area contributed by atoms with Crippen molar-refractivity contribution in [1.82, 2.24) is 9.97 Å². The van der Waals surface area contributed by atoms with Crippen molar-refractivity contribution in [3.63, 3.8) is 0 Å². The molecule has 2 aromatic rings. The fourth-order valence-electron chi connectivity index (χ4n) is 2.70. The maximum Gasteiger partial charge on any atom is 0.251 e. The Bertz CT molecular complexity index is 683. The van der Waals surface area contributed by atoms with Crippen molar-refractivity contribution in [2.45, 2.75) is 31.6 Å². The van der Waals surface area contributed by atoms with E-state index in [1.54, 1.807) is 0 Å². The van der Waals surface area contributed by atoms with Gasteiger partial charge in [-0.25, -0.2) is 18.2 Å². The molecule has 3 rings (SSSR count). The summed E-state index contributed by atoms with van der Waals surface area (Å²) in [6, 6.07) is 3.99. The predicted molar refractivity (Wildman–Crippen MR) is 71.6 cm³/mol. The highest BCUT2D eigenvalue weighted by Gasteiger charge is 2.44. The number of halogens is 3. The van der Waals surface area contributed by atoms with Crippen molar-refractivity contribution >= 4 is 22.9 Å². The van der Waals surface area contributed by atoms with Gasteiger partial charge in [-0.2, -0.15) is 0 Å². The molecule has 1 saturated carbocycles. The Morgan fingerprint density at radius 3 is 3.00 bits per heavy atom. The van der Waals surface area contributed by atoms with E-state index in [0.29, 0.717) is 23.9 Å². The van der Waals surface area contributed by atoms with Crippen molar-refractivity contribution in [2.24, 2.45) is 5.92 Å². The van der Waals surface area contributed by atoms with Crippen molar-refractivity contribution in [2.75, 3.05) is 5.32 Å². The second-order valence-electron chi connectivity index (χ2n) is 5.35. The van der Waals surface area contributed by atoms with E-state index in [0.717, 1.165) is 0 Å². The number of carbonyl (C=O) groups excluding carboxylic acids is 1. The average molecular weight is 297 g/mol. The lowest BCUT2D eigenvalue weighted by Crippen LogP contribution is -2.27. The molecule has 0 radical (unpaired) electrons. The molecule has 0 aliphatic heterocycles. The van der Waals surface area contributed by atoms with Crippen LogP contribution in [0.3, 0.4) is 0 Å². The van der Waals surface area contributed by atoms with Gasteiger partial charge in [0.1, 0.15) is 5.82 Å². The summed E-state index contributed by atoms with van der Waals surface area (Å²) in [5.41, 5.74) is 0.939. The van der Waals surface area contributed by atoms with Gasteiger partial charge in [0.2, 0.25) is 11.9 Å². The van der Waals surface area contributed by atoms with Gasteiger partial charge in [0, 0.05) is 18.8 Å². The van der Waals surface area contributed by atoms with Gasteiger partial charge < -0.3 is 4.98 Å². The number of nitrogens with zero attached hydrogens (tertiary/aromatic N) is 1. The summed E-state index contributed by atoms with van der Waals surface area (Å²) < 4.78 is 40.0. The zero-order chi connectivity index (χ0) is 15.0. The molecular formula is C14H14F3N3O. The molecule has 1 amide bonds. The largest absolute Gasteiger partial charge is 0.324 e. The van der Waals surface area contributed by atoms with Gasteiger partial charge in [-0.1, -0.05) is 0 Å². The van der Waals surface area contributed by atoms with Gasteiger partial charge in [0.05, 0.1) is 11.0 Å². The van der Waals surface area contributed by atoms with Crippen molar-refractivity contribution < 1.29 is 18.0 Å². The fraction of sp³-hybridized carbons (Fsp3) is 0.429. The number of nitrogens with one attached hydrogen (secondary N) is 2. The van der Waals surface area contributed by atoms with Gasteiger partial charge >= 0.3 is 0 Å². The molecular weight excluding hydrogens is 283 g/mol. The number of anilines is 1. The summed E-state index contributed by atoms with van der Waals surface area (Å²) in [7, 11) is 0. The number of hydrogen-bond acceptors (Lipinski definition) is 2. The maximum absolute atomic E-state index is 13.5. The second kappa shape index (κ2) is 5.05. The summed E-state index contributed by atoms with van der Waals surface area (Å²) in [5, 5.41) is 2.45. The SMILES string of the molecule is O=C(CC1CCCC1(F)F)Nc1nc2ccc(F)cc2[nH]1. The highest BCUT2D eigenvalue weighted by atomic mass is 19.3. The molecule has 1 heterocycles. The zero-order valence-corrected chi connectivity index (χ0v) is 11.1. The molecule has 1 aliphatic rings. The van der Waals surface area contributed by atoms with E-state index < -0.39 is 23.6 Å². The number of carbonyl (C=O) groups is 1. The van der Waals surface area contributed by atoms with Gasteiger partial charge in [-0.15, -0.1) is 0 Å². The van der Waals surface area contributed by atoms with Crippen LogP contribution in [0.2, 0.25) is 0 Å². The molecule has 4 nitrogen and oxygen atoms in total. The van der Waals surface area contributed by atoms with E-state index in [1.807, 2.05) is 0 Å². The maximum atomic E-state index is 13.5. The summed E-state index contributed by atoms with van der Waals surface area (Å²) in [6.45, 7) is 0. The number of amides is 1. The standard InChI is InChI=1S/C14H14F3N3O/c15-9-3-4-10-11(7-9)19-13(18-10)20-12(21)6-8-2-1-5-14(8,16)17/h3-4,7-8H,1-2,5-6H2,(H2,18,19,20,21). The first-order valence-electron chi connectivity index (χ1n) is 6.77. The van der Waals surface area contributed by atoms with Crippen molar-refractivity contribution in [3.8, 4) is 0 Å². The Hall–Kier alpha value is -2.05. The Kier molecular flexibility index (Phi) is 3.35. The van der Waals surface area contributed by atoms with Crippen molar-refractivity contribution in [3.05, 3.63) is 24.0 Å². The monoisotopic (exact) mass is 297 g/mol. The fourth-order valence-corrected chi connectivity index (χ4v) is 2.70. The lowest BCUT2D eigenvalue weighted by molar-refractivity contribution is -0.120. The molecule has 1 unspecified atom stereocenters. The molecule has 0 saturated heterocycles. The molecule has 2 N–H and O–H groups in total. The summed E-state index contributed by atoms with van der Waals surface area (Å²) >= 11 is 0. The minimum absolute atomic E-state index is 0.141. The van der Waals surface area contributed by atoms with E-state index in [-0.39, 0.29) is 18.8 Å². The van der Waals surface area contributed by atoms with Crippen LogP contribution in [0.1, 0.15) is 25.7 Å². The molecule has 21 heavy (non-hydrogen) atoms. The van der Waals surface area contributed by atoms with Gasteiger partial charge in [0.25, 0.3) is 5.92 Å². The third-order valence-electron chi connectivity index (χ3n) is 3.79. The summed E-state index contributed by atoms with van der Waals surface area (Å²) in [4.78, 5) is 18.6. The predicted octanol–water partition coefficient (Wildman–Crippen LogP) is 3.47. The molecule has 1 fully saturated rings. The zero-order valence-electron chi connectivity index (χ0n) is 11.1. The van der Waals surface area contributed by atoms with Crippen LogP contribution in [-0.2, 0) is 4.79 Å². The van der Waals surface area contributed by atoms with Crippen LogP contribution in [0.5, 0.6) is 0 Å². The van der Waals surface area contributed by atoms with Crippen LogP contribution in [0, 0.1) is 11.7 Å². The molecule has 1 atom stereocenters. The third kappa shape index (κ3) is 2.86. The van der Waals surface area contributed by atoms with Crippen LogP contribution in [-0.4, -0.2) is 21.8 Å². The highest BCUT2D eigenvalue weighted by molar-refractivity contribution is 5.91. The Morgan fingerprint density at radius 2 is 2.29 bits per heavy atom. The number of aromatic nitrogens is 2. The first-order chi connectivity index (χ1) is 9.94. The van der Waals surface area contributed by atoms with E-state index in [9.17, 15) is 18.0 Å². The Morgan fingerprint density at radius 1 is 1.48 bits per heavy atom. The van der Waals surface area contributed by atoms with E-state index >= 15 is 0 Å². The first-order valence-corrected chi connectivity index (χ1v) is 6.77. The molecule has 1 aromatic heterocycles. The number of H-pyrrole nitrogens is 1. The summed E-state index contributed by atoms with van der Waals surface area (Å²) in [5.74, 6) is -4.48. The first kappa shape index (κ1) is 13.9. The minimum Gasteiger partial charge on any atom is -0.324 e. The lowest BCUT2D eigenvalue weighted by atomic mass is 10.0. The van der Waals surface area contributed by atoms with Crippen LogP contribution in [0.25, 0.3) is 11.0 Å². The molecule has 0 bridgehead atoms. The molecule has 1 aromatic carbocycles. The van der Waals surface area contributed by atoms with E-state index in [4.69, 9.17) is 0 Å². The topological polar surface area (TPSA) is 57.8 Å². The number of benzene rings is 1. The number of hydrogen-bond donors (Lipinski definition) is 2. The normalized spacial score (nSPS) is 20.8. The third-order valence-corrected chi connectivity index (χ3v) is 3.79. The quantitative estimate of drug-likeness (QED) is 0.911. The minimum atomic E-state index is -2.77. The van der Waals surface area contributed by atoms with Crippen LogP contribution < -0.4 is 5.32 Å². The highest BCUT2D eigenvalue weighted by Crippen LogP contribution is 2.42. The molecule has 112 valence electrons. The van der Waals surface area contributed by atoms with Gasteiger partial charge in [-0.05, 0) is 31.0 Å². The van der Waals surface area contributed by atoms with E-state index in [2.05, 4.69) is 15.3 Å². The van der Waals surface area contributed by atoms with Crippen molar-refractivity contribution in [1.29, 1.82) is 0 Å². The summed E-state index contributed by atoms with van der Waals surface area (Å²) in [6.07, 6.45) is 0.397. The van der Waals surface area contributed by atoms with Crippen LogP contribution in [0.15, 0.2) is 18.2 Å².